The van der Waals surface area contributed by atoms with Crippen LogP contribution in [0.2, 0.25) is 0 Å². The van der Waals surface area contributed by atoms with E-state index in [1.807, 2.05) is 11.8 Å². The molecule has 14 heavy (non-hydrogen) atoms. The highest BCUT2D eigenvalue weighted by molar-refractivity contribution is 5.90. The van der Waals surface area contributed by atoms with Crippen LogP contribution in [0.15, 0.2) is 0 Å². The molecule has 0 aromatic carbocycles. The number of ether oxygens (including phenoxy) is 1. The first kappa shape index (κ1) is 11.2. The Morgan fingerprint density at radius 1 is 1.29 bits per heavy atom. The van der Waals surface area contributed by atoms with Crippen LogP contribution in [-0.2, 0) is 14.3 Å². The lowest BCUT2D eigenvalue weighted by Gasteiger charge is -2.33. The molecule has 4 heteroatoms. The minimum absolute atomic E-state index is 0.233. The van der Waals surface area contributed by atoms with Crippen molar-refractivity contribution in [3.05, 3.63) is 0 Å². The molecule has 0 aromatic rings. The summed E-state index contributed by atoms with van der Waals surface area (Å²) < 4.78 is 4.46. The van der Waals surface area contributed by atoms with Crippen molar-refractivity contribution in [3.8, 4) is 0 Å². The van der Waals surface area contributed by atoms with Crippen LogP contribution < -0.4 is 0 Å². The van der Waals surface area contributed by atoms with Crippen molar-refractivity contribution in [2.24, 2.45) is 5.92 Å². The summed E-state index contributed by atoms with van der Waals surface area (Å²) >= 11 is 0. The second-order valence-corrected chi connectivity index (χ2v) is 3.88. The monoisotopic (exact) mass is 199 g/mol. The molecule has 0 saturated carbocycles. The molecule has 0 aliphatic carbocycles. The number of carbonyl (C=O) groups is 2. The zero-order valence-corrected chi connectivity index (χ0v) is 8.95. The molecule has 1 rings (SSSR count). The Morgan fingerprint density at radius 2 is 1.79 bits per heavy atom. The second-order valence-electron chi connectivity index (χ2n) is 3.88. The number of hydrogen-bond donors (Lipinski definition) is 0. The maximum atomic E-state index is 11.0. The summed E-state index contributed by atoms with van der Waals surface area (Å²) in [4.78, 5) is 23.9. The fourth-order valence-corrected chi connectivity index (χ4v) is 1.57. The smallest absolute Gasteiger partial charge is 0.327 e. The van der Waals surface area contributed by atoms with E-state index in [0.717, 1.165) is 6.42 Å². The molecule has 1 fully saturated rings. The van der Waals surface area contributed by atoms with Crippen LogP contribution in [0.1, 0.15) is 27.2 Å². The third-order valence-electron chi connectivity index (χ3n) is 2.94. The van der Waals surface area contributed by atoms with Gasteiger partial charge in [-0.15, -0.1) is 0 Å². The molecule has 0 N–H and O–H groups in total. The Labute approximate surface area is 84.2 Å². The normalized spacial score (nSPS) is 23.1. The van der Waals surface area contributed by atoms with Crippen LogP contribution in [-0.4, -0.2) is 36.0 Å². The van der Waals surface area contributed by atoms with Gasteiger partial charge >= 0.3 is 11.9 Å². The van der Waals surface area contributed by atoms with Gasteiger partial charge in [-0.2, -0.15) is 0 Å². The van der Waals surface area contributed by atoms with Crippen molar-refractivity contribution in [1.29, 1.82) is 0 Å². The average molecular weight is 199 g/mol. The van der Waals surface area contributed by atoms with Gasteiger partial charge in [0.05, 0.1) is 13.1 Å². The van der Waals surface area contributed by atoms with Crippen molar-refractivity contribution in [1.82, 2.24) is 4.90 Å². The number of esters is 2. The van der Waals surface area contributed by atoms with E-state index in [2.05, 4.69) is 18.6 Å². The molecular formula is C10H17NO3. The highest BCUT2D eigenvalue weighted by Crippen LogP contribution is 2.15. The minimum atomic E-state index is -0.434. The van der Waals surface area contributed by atoms with Crippen molar-refractivity contribution in [2.75, 3.05) is 13.1 Å². The second kappa shape index (κ2) is 4.55. The maximum absolute atomic E-state index is 11.0. The highest BCUT2D eigenvalue weighted by atomic mass is 16.6. The highest BCUT2D eigenvalue weighted by Gasteiger charge is 2.29. The van der Waals surface area contributed by atoms with Gasteiger partial charge in [0.25, 0.3) is 0 Å². The quantitative estimate of drug-likeness (QED) is 0.498. The van der Waals surface area contributed by atoms with Gasteiger partial charge < -0.3 is 4.74 Å². The molecule has 4 nitrogen and oxygen atoms in total. The molecule has 0 aromatic heterocycles. The van der Waals surface area contributed by atoms with Crippen LogP contribution in [0.25, 0.3) is 0 Å². The topological polar surface area (TPSA) is 46.6 Å². The van der Waals surface area contributed by atoms with Crippen LogP contribution >= 0.6 is 0 Å². The molecule has 0 amide bonds. The van der Waals surface area contributed by atoms with Gasteiger partial charge in [0.15, 0.2) is 0 Å². The van der Waals surface area contributed by atoms with Crippen LogP contribution in [0.4, 0.5) is 0 Å². The van der Waals surface area contributed by atoms with E-state index in [1.54, 1.807) is 0 Å². The molecule has 1 aliphatic rings. The zero-order valence-electron chi connectivity index (χ0n) is 8.95. The summed E-state index contributed by atoms with van der Waals surface area (Å²) in [6.07, 6.45) is 1.04. The Morgan fingerprint density at radius 3 is 2.21 bits per heavy atom. The standard InChI is InChI=1S/C10H17NO3/c1-4-7(2)8(3)11-5-9(12)14-10(13)6-11/h7-8H,4-6H2,1-3H3. The zero-order chi connectivity index (χ0) is 10.7. The van der Waals surface area contributed by atoms with Crippen LogP contribution in [0.3, 0.4) is 0 Å². The molecule has 2 unspecified atom stereocenters. The van der Waals surface area contributed by atoms with Gasteiger partial charge in [0.1, 0.15) is 0 Å². The van der Waals surface area contributed by atoms with E-state index >= 15 is 0 Å². The molecule has 80 valence electrons. The summed E-state index contributed by atoms with van der Waals surface area (Å²) in [5.74, 6) is -0.387. The third-order valence-corrected chi connectivity index (χ3v) is 2.94. The fourth-order valence-electron chi connectivity index (χ4n) is 1.57. The molecule has 0 bridgehead atoms. The Bertz CT molecular complexity index is 224. The Balaban J connectivity index is 2.58. The lowest BCUT2D eigenvalue weighted by molar-refractivity contribution is -0.168. The molecule has 0 radical (unpaired) electrons. The molecule has 1 saturated heterocycles. The largest absolute Gasteiger partial charge is 0.391 e. The van der Waals surface area contributed by atoms with Crippen LogP contribution in [0, 0.1) is 5.92 Å². The van der Waals surface area contributed by atoms with E-state index < -0.39 is 11.9 Å². The van der Waals surface area contributed by atoms with Crippen molar-refractivity contribution < 1.29 is 14.3 Å². The Kier molecular flexibility index (Phi) is 3.63. The van der Waals surface area contributed by atoms with Crippen molar-refractivity contribution >= 4 is 11.9 Å². The molecular weight excluding hydrogens is 182 g/mol. The lowest BCUT2D eigenvalue weighted by atomic mass is 9.99. The predicted molar refractivity (Wildman–Crippen MR) is 51.6 cm³/mol. The summed E-state index contributed by atoms with van der Waals surface area (Å²) in [5.41, 5.74) is 0. The van der Waals surface area contributed by atoms with E-state index in [9.17, 15) is 9.59 Å². The summed E-state index contributed by atoms with van der Waals surface area (Å²) in [6, 6.07) is 0.247. The molecule has 1 heterocycles. The van der Waals surface area contributed by atoms with Crippen LogP contribution in [0.5, 0.6) is 0 Å². The summed E-state index contributed by atoms with van der Waals surface area (Å²) in [7, 11) is 0. The van der Waals surface area contributed by atoms with E-state index in [-0.39, 0.29) is 19.1 Å². The number of hydrogen-bond acceptors (Lipinski definition) is 4. The van der Waals surface area contributed by atoms with Gasteiger partial charge in [-0.05, 0) is 12.8 Å². The number of carbonyl (C=O) groups excluding carboxylic acids is 2. The molecule has 1 aliphatic heterocycles. The minimum Gasteiger partial charge on any atom is -0.391 e. The maximum Gasteiger partial charge on any atom is 0.327 e. The first-order valence-corrected chi connectivity index (χ1v) is 5.02. The third kappa shape index (κ3) is 2.54. The van der Waals surface area contributed by atoms with Gasteiger partial charge in [0, 0.05) is 6.04 Å². The Hall–Kier alpha value is -0.900. The number of cyclic esters (lactones) is 2. The summed E-state index contributed by atoms with van der Waals surface area (Å²) in [5, 5.41) is 0. The molecule has 2 atom stereocenters. The SMILES string of the molecule is CCC(C)C(C)N1CC(=O)OC(=O)C1. The summed E-state index contributed by atoms with van der Waals surface area (Å²) in [6.45, 7) is 6.73. The van der Waals surface area contributed by atoms with E-state index in [1.165, 1.54) is 0 Å². The fraction of sp³-hybridized carbons (Fsp3) is 0.800. The number of rotatable bonds is 3. The number of nitrogens with zero attached hydrogens (tertiary/aromatic N) is 1. The number of morpholine rings is 1. The van der Waals surface area contributed by atoms with E-state index in [4.69, 9.17) is 0 Å². The molecule has 0 spiro atoms. The lowest BCUT2D eigenvalue weighted by Crippen LogP contribution is -2.49. The van der Waals surface area contributed by atoms with Crippen molar-refractivity contribution in [2.45, 2.75) is 33.2 Å². The van der Waals surface area contributed by atoms with Gasteiger partial charge in [0.2, 0.25) is 0 Å². The predicted octanol–water partition coefficient (Wildman–Crippen LogP) is 0.806. The van der Waals surface area contributed by atoms with Crippen molar-refractivity contribution in [3.63, 3.8) is 0 Å². The first-order valence-electron chi connectivity index (χ1n) is 5.02. The van der Waals surface area contributed by atoms with Gasteiger partial charge in [-0.25, -0.2) is 0 Å². The van der Waals surface area contributed by atoms with E-state index in [0.29, 0.717) is 5.92 Å². The average Bonchev–Trinajstić information content (AvgIpc) is 2.14. The van der Waals surface area contributed by atoms with Gasteiger partial charge in [-0.3, -0.25) is 14.5 Å². The van der Waals surface area contributed by atoms with Gasteiger partial charge in [-0.1, -0.05) is 20.3 Å². The first-order chi connectivity index (χ1) is 6.54.